The summed E-state index contributed by atoms with van der Waals surface area (Å²) in [6, 6.07) is 18.7. The normalized spacial score (nSPS) is 10.0. The van der Waals surface area contributed by atoms with Crippen molar-refractivity contribution in [3.8, 4) is 11.3 Å². The summed E-state index contributed by atoms with van der Waals surface area (Å²) in [5.41, 5.74) is 2.23. The van der Waals surface area contributed by atoms with E-state index < -0.39 is 0 Å². The molecule has 0 fully saturated rings. The minimum absolute atomic E-state index is 0. The van der Waals surface area contributed by atoms with Gasteiger partial charge in [0.05, 0.1) is 0 Å². The van der Waals surface area contributed by atoms with Crippen LogP contribution in [0.3, 0.4) is 0 Å². The third kappa shape index (κ3) is 1.93. The van der Waals surface area contributed by atoms with Crippen molar-refractivity contribution in [3.05, 3.63) is 60.8 Å². The first-order chi connectivity index (χ1) is 7.43. The van der Waals surface area contributed by atoms with E-state index in [4.69, 9.17) is 0 Å². The van der Waals surface area contributed by atoms with Gasteiger partial charge in [0.2, 0.25) is 0 Å². The van der Waals surface area contributed by atoms with Crippen molar-refractivity contribution in [3.63, 3.8) is 0 Å². The van der Waals surface area contributed by atoms with Gasteiger partial charge < -0.3 is 0 Å². The largest absolute Gasteiger partial charge is 1.00 e. The van der Waals surface area contributed by atoms with Crippen molar-refractivity contribution in [2.45, 2.75) is 0 Å². The first-order valence-electron chi connectivity index (χ1n) is 5.00. The number of aromatic nitrogens is 1. The summed E-state index contributed by atoms with van der Waals surface area (Å²) in [7, 11) is 0. The van der Waals surface area contributed by atoms with Crippen LogP contribution >= 0.6 is 0 Å². The first-order valence-corrected chi connectivity index (χ1v) is 5.00. The monoisotopic (exact) mass is 199 g/mol. The Morgan fingerprint density at radius 2 is 1.75 bits per heavy atom. The quantitative estimate of drug-likeness (QED) is 0.413. The summed E-state index contributed by atoms with van der Waals surface area (Å²) >= 11 is 0. The van der Waals surface area contributed by atoms with Crippen LogP contribution in [0.25, 0.3) is 22.0 Å². The summed E-state index contributed by atoms with van der Waals surface area (Å²) in [5.74, 6) is 0. The Balaban J connectivity index is 0.000000963. The van der Waals surface area contributed by atoms with Crippen LogP contribution in [0, 0.1) is 0 Å². The Labute approximate surface area is 107 Å². The standard InChI is InChI=1S/C14H10N.Li/c1-2-6-12-10-13(9-11(12)5-1)14-7-3-4-8-15-14;/h1-10H;/q-1;+1. The Morgan fingerprint density at radius 3 is 2.50 bits per heavy atom. The number of hydrogen-bond acceptors (Lipinski definition) is 1. The molecular formula is C14H10LiN. The Kier molecular flexibility index (Phi) is 3.19. The van der Waals surface area contributed by atoms with E-state index >= 15 is 0 Å². The fraction of sp³-hybridized carbons (Fsp3) is 0. The second kappa shape index (κ2) is 4.61. The van der Waals surface area contributed by atoms with Crippen molar-refractivity contribution >= 4 is 10.8 Å². The summed E-state index contributed by atoms with van der Waals surface area (Å²) in [4.78, 5) is 4.34. The number of hydrogen-bond donors (Lipinski definition) is 0. The van der Waals surface area contributed by atoms with Gasteiger partial charge in [0.25, 0.3) is 0 Å². The summed E-state index contributed by atoms with van der Waals surface area (Å²) in [6.07, 6.45) is 1.83. The van der Waals surface area contributed by atoms with E-state index in [0.29, 0.717) is 0 Å². The molecule has 16 heavy (non-hydrogen) atoms. The zero-order chi connectivity index (χ0) is 10.1. The SMILES string of the molecule is [Li+].c1ccc(-c2cc3ccccc3[cH-]2)nc1. The minimum atomic E-state index is 0. The molecule has 0 unspecified atom stereocenters. The van der Waals surface area contributed by atoms with Crippen molar-refractivity contribution in [1.29, 1.82) is 0 Å². The van der Waals surface area contributed by atoms with Crippen LogP contribution in [-0.2, 0) is 0 Å². The smallest absolute Gasteiger partial charge is 0.295 e. The van der Waals surface area contributed by atoms with E-state index in [1.54, 1.807) is 0 Å². The van der Waals surface area contributed by atoms with Crippen LogP contribution in [0.1, 0.15) is 0 Å². The molecule has 0 bridgehead atoms. The van der Waals surface area contributed by atoms with Crippen LogP contribution in [-0.4, -0.2) is 4.98 Å². The zero-order valence-electron chi connectivity index (χ0n) is 9.22. The first kappa shape index (κ1) is 11.1. The van der Waals surface area contributed by atoms with Crippen molar-refractivity contribution in [1.82, 2.24) is 4.98 Å². The summed E-state index contributed by atoms with van der Waals surface area (Å²) < 4.78 is 0. The molecule has 0 saturated heterocycles. The van der Waals surface area contributed by atoms with Gasteiger partial charge in [-0.15, -0.1) is 34.5 Å². The van der Waals surface area contributed by atoms with E-state index in [0.717, 1.165) is 5.69 Å². The predicted octanol–water partition coefficient (Wildman–Crippen LogP) is 0.625. The number of rotatable bonds is 1. The second-order valence-corrected chi connectivity index (χ2v) is 3.59. The molecule has 1 heterocycles. The zero-order valence-corrected chi connectivity index (χ0v) is 9.22. The van der Waals surface area contributed by atoms with Crippen LogP contribution in [0.2, 0.25) is 0 Å². The molecule has 3 aromatic rings. The molecule has 0 aliphatic heterocycles. The molecule has 0 aliphatic rings. The number of nitrogens with zero attached hydrogens (tertiary/aromatic N) is 1. The molecule has 1 nitrogen and oxygen atoms in total. The van der Waals surface area contributed by atoms with Gasteiger partial charge in [-0.05, 0) is 6.07 Å². The third-order valence-corrected chi connectivity index (χ3v) is 2.58. The van der Waals surface area contributed by atoms with Gasteiger partial charge in [-0.1, -0.05) is 30.3 Å². The van der Waals surface area contributed by atoms with Gasteiger partial charge in [0.15, 0.2) is 0 Å². The molecule has 3 rings (SSSR count). The molecule has 72 valence electrons. The summed E-state index contributed by atoms with van der Waals surface area (Å²) in [5, 5.41) is 2.55. The van der Waals surface area contributed by atoms with Crippen LogP contribution < -0.4 is 18.9 Å². The molecule has 0 spiro atoms. The minimum Gasteiger partial charge on any atom is -0.295 e. The summed E-state index contributed by atoms with van der Waals surface area (Å²) in [6.45, 7) is 0. The Bertz CT molecular complexity index is 551. The fourth-order valence-electron chi connectivity index (χ4n) is 1.83. The molecule has 0 radical (unpaired) electrons. The van der Waals surface area contributed by atoms with E-state index in [1.807, 2.05) is 24.4 Å². The topological polar surface area (TPSA) is 12.9 Å². The number of fused-ring (bicyclic) bond motifs is 1. The maximum absolute atomic E-state index is 4.34. The van der Waals surface area contributed by atoms with Gasteiger partial charge in [-0.2, -0.15) is 0 Å². The van der Waals surface area contributed by atoms with E-state index in [-0.39, 0.29) is 18.9 Å². The number of pyridine rings is 1. The molecule has 0 aliphatic carbocycles. The molecular weight excluding hydrogens is 189 g/mol. The molecule has 1 aromatic heterocycles. The maximum Gasteiger partial charge on any atom is 1.00 e. The molecule has 2 aromatic carbocycles. The van der Waals surface area contributed by atoms with Gasteiger partial charge in [0.1, 0.15) is 0 Å². The molecule has 2 heteroatoms. The van der Waals surface area contributed by atoms with Gasteiger partial charge >= 0.3 is 18.9 Å². The molecule has 0 saturated carbocycles. The van der Waals surface area contributed by atoms with Gasteiger partial charge in [-0.25, -0.2) is 0 Å². The van der Waals surface area contributed by atoms with E-state index in [2.05, 4.69) is 41.4 Å². The maximum atomic E-state index is 4.34. The molecule has 0 atom stereocenters. The molecule has 0 N–H and O–H groups in total. The Hall–Kier alpha value is -1.42. The van der Waals surface area contributed by atoms with E-state index in [9.17, 15) is 0 Å². The van der Waals surface area contributed by atoms with E-state index in [1.165, 1.54) is 16.3 Å². The van der Waals surface area contributed by atoms with Gasteiger partial charge in [-0.3, -0.25) is 4.98 Å². The van der Waals surface area contributed by atoms with Crippen molar-refractivity contribution in [2.75, 3.05) is 0 Å². The van der Waals surface area contributed by atoms with Gasteiger partial charge in [0, 0.05) is 11.9 Å². The predicted molar refractivity (Wildman–Crippen MR) is 62.8 cm³/mol. The average molecular weight is 199 g/mol. The van der Waals surface area contributed by atoms with Crippen molar-refractivity contribution in [2.24, 2.45) is 0 Å². The van der Waals surface area contributed by atoms with Crippen LogP contribution in [0.4, 0.5) is 0 Å². The fourth-order valence-corrected chi connectivity index (χ4v) is 1.83. The second-order valence-electron chi connectivity index (χ2n) is 3.59. The average Bonchev–Trinajstić information content (AvgIpc) is 2.74. The molecule has 0 amide bonds. The number of benzene rings is 1. The van der Waals surface area contributed by atoms with Crippen LogP contribution in [0.15, 0.2) is 60.8 Å². The third-order valence-electron chi connectivity index (χ3n) is 2.58. The van der Waals surface area contributed by atoms with Crippen molar-refractivity contribution < 1.29 is 18.9 Å². The van der Waals surface area contributed by atoms with Crippen LogP contribution in [0.5, 0.6) is 0 Å². The Morgan fingerprint density at radius 1 is 0.938 bits per heavy atom.